The molecule has 0 fully saturated rings. The maximum absolute atomic E-state index is 9.03. The van der Waals surface area contributed by atoms with Crippen molar-refractivity contribution in [3.63, 3.8) is 0 Å². The number of hydrogen-bond acceptors (Lipinski definition) is 3. The van der Waals surface area contributed by atoms with Gasteiger partial charge in [-0.05, 0) is 0 Å². The second kappa shape index (κ2) is 8.08. The van der Waals surface area contributed by atoms with Crippen molar-refractivity contribution in [3.05, 3.63) is 0 Å². The molecule has 0 aliphatic rings. The normalized spacial score (nSPS) is 16.0. The Morgan fingerprint density at radius 3 is 2.33 bits per heavy atom. The van der Waals surface area contributed by atoms with Gasteiger partial charge in [-0.1, -0.05) is 0 Å². The molecule has 2 atom stereocenters. The third-order valence-corrected chi connectivity index (χ3v) is 1.93. The fourth-order valence-electron chi connectivity index (χ4n) is 0.615. The van der Waals surface area contributed by atoms with Crippen LogP contribution in [0.3, 0.4) is 0 Å². The standard InChI is InChI=1S/C7H14Cl2O3/c1-11-5-7(3-9)12-4-6(10)2-8/h6-7,10H,2-5H2,1H3. The SMILES string of the molecule is COCC(CCl)OCC(O)CCl. The highest BCUT2D eigenvalue weighted by Crippen LogP contribution is 1.98. The van der Waals surface area contributed by atoms with E-state index in [1.54, 1.807) is 7.11 Å². The van der Waals surface area contributed by atoms with Crippen molar-refractivity contribution in [3.8, 4) is 0 Å². The predicted molar refractivity (Wildman–Crippen MR) is 49.1 cm³/mol. The van der Waals surface area contributed by atoms with Gasteiger partial charge in [-0.15, -0.1) is 23.2 Å². The maximum Gasteiger partial charge on any atom is 0.0944 e. The van der Waals surface area contributed by atoms with Crippen LogP contribution in [0.25, 0.3) is 0 Å². The minimum atomic E-state index is -0.630. The highest BCUT2D eigenvalue weighted by Gasteiger charge is 2.09. The first-order chi connectivity index (χ1) is 5.74. The van der Waals surface area contributed by atoms with Crippen LogP contribution in [0.2, 0.25) is 0 Å². The lowest BCUT2D eigenvalue weighted by Crippen LogP contribution is -2.27. The molecule has 0 radical (unpaired) electrons. The third kappa shape index (κ3) is 6.03. The number of ether oxygens (including phenoxy) is 2. The molecule has 0 saturated heterocycles. The molecule has 12 heavy (non-hydrogen) atoms. The Labute approximate surface area is 82.6 Å². The average Bonchev–Trinajstić information content (AvgIpc) is 2.11. The van der Waals surface area contributed by atoms with Gasteiger partial charge < -0.3 is 14.6 Å². The van der Waals surface area contributed by atoms with Crippen LogP contribution >= 0.6 is 23.2 Å². The predicted octanol–water partition coefficient (Wildman–Crippen LogP) is 0.857. The van der Waals surface area contributed by atoms with Gasteiger partial charge in [-0.25, -0.2) is 0 Å². The van der Waals surface area contributed by atoms with Crippen molar-refractivity contribution < 1.29 is 14.6 Å². The van der Waals surface area contributed by atoms with Gasteiger partial charge in [0.25, 0.3) is 0 Å². The monoisotopic (exact) mass is 216 g/mol. The van der Waals surface area contributed by atoms with Gasteiger partial charge in [0.1, 0.15) is 0 Å². The summed E-state index contributed by atoms with van der Waals surface area (Å²) in [7, 11) is 1.57. The Balaban J connectivity index is 3.43. The Hall–Kier alpha value is 0.460. The summed E-state index contributed by atoms with van der Waals surface area (Å²) in [5.74, 6) is 0.519. The van der Waals surface area contributed by atoms with Crippen molar-refractivity contribution >= 4 is 23.2 Å². The number of rotatable bonds is 7. The fourth-order valence-corrected chi connectivity index (χ4v) is 0.882. The summed E-state index contributed by atoms with van der Waals surface area (Å²) in [6.45, 7) is 0.628. The summed E-state index contributed by atoms with van der Waals surface area (Å²) in [5.41, 5.74) is 0. The van der Waals surface area contributed by atoms with Crippen molar-refractivity contribution in [2.24, 2.45) is 0 Å². The molecule has 5 heteroatoms. The van der Waals surface area contributed by atoms with Gasteiger partial charge in [-0.2, -0.15) is 0 Å². The number of methoxy groups -OCH3 is 1. The van der Waals surface area contributed by atoms with E-state index in [4.69, 9.17) is 37.8 Å². The lowest BCUT2D eigenvalue weighted by atomic mass is 10.4. The zero-order valence-electron chi connectivity index (χ0n) is 7.00. The van der Waals surface area contributed by atoms with Crippen molar-refractivity contribution in [2.75, 3.05) is 32.1 Å². The first-order valence-electron chi connectivity index (χ1n) is 3.65. The van der Waals surface area contributed by atoms with Crippen LogP contribution in [0.1, 0.15) is 0 Å². The summed E-state index contributed by atoms with van der Waals surface area (Å²) in [5, 5.41) is 9.03. The molecule has 0 rings (SSSR count). The molecule has 2 unspecified atom stereocenters. The second-order valence-electron chi connectivity index (χ2n) is 2.37. The average molecular weight is 217 g/mol. The van der Waals surface area contributed by atoms with E-state index in [-0.39, 0.29) is 18.6 Å². The number of alkyl halides is 2. The van der Waals surface area contributed by atoms with Crippen LogP contribution < -0.4 is 0 Å². The minimum absolute atomic E-state index is 0.169. The molecule has 3 nitrogen and oxygen atoms in total. The highest BCUT2D eigenvalue weighted by atomic mass is 35.5. The lowest BCUT2D eigenvalue weighted by molar-refractivity contribution is -0.0244. The van der Waals surface area contributed by atoms with Crippen LogP contribution in [0.4, 0.5) is 0 Å². The smallest absolute Gasteiger partial charge is 0.0944 e. The lowest BCUT2D eigenvalue weighted by Gasteiger charge is -2.15. The molecule has 0 aliphatic carbocycles. The van der Waals surface area contributed by atoms with Gasteiger partial charge in [0.15, 0.2) is 0 Å². The van der Waals surface area contributed by atoms with E-state index in [9.17, 15) is 0 Å². The quantitative estimate of drug-likeness (QED) is 0.642. The molecule has 0 saturated carbocycles. The molecule has 0 bridgehead atoms. The van der Waals surface area contributed by atoms with E-state index in [1.165, 1.54) is 0 Å². The van der Waals surface area contributed by atoms with Crippen LogP contribution in [-0.4, -0.2) is 49.4 Å². The largest absolute Gasteiger partial charge is 0.389 e. The molecular weight excluding hydrogens is 203 g/mol. The van der Waals surface area contributed by atoms with Crippen LogP contribution in [-0.2, 0) is 9.47 Å². The molecule has 0 aromatic heterocycles. The van der Waals surface area contributed by atoms with Crippen LogP contribution in [0.5, 0.6) is 0 Å². The van der Waals surface area contributed by atoms with E-state index >= 15 is 0 Å². The van der Waals surface area contributed by atoms with Crippen molar-refractivity contribution in [2.45, 2.75) is 12.2 Å². The van der Waals surface area contributed by atoms with Crippen LogP contribution in [0.15, 0.2) is 0 Å². The van der Waals surface area contributed by atoms with Crippen molar-refractivity contribution in [1.29, 1.82) is 0 Å². The minimum Gasteiger partial charge on any atom is -0.389 e. The van der Waals surface area contributed by atoms with E-state index in [0.29, 0.717) is 12.5 Å². The molecule has 0 amide bonds. The topological polar surface area (TPSA) is 38.7 Å². The Morgan fingerprint density at radius 1 is 1.25 bits per heavy atom. The zero-order valence-corrected chi connectivity index (χ0v) is 8.51. The molecule has 74 valence electrons. The van der Waals surface area contributed by atoms with E-state index in [1.807, 2.05) is 0 Å². The van der Waals surface area contributed by atoms with E-state index in [0.717, 1.165) is 0 Å². The van der Waals surface area contributed by atoms with Gasteiger partial charge in [0, 0.05) is 7.11 Å². The summed E-state index contributed by atoms with van der Waals surface area (Å²) in [4.78, 5) is 0. The molecular formula is C7H14Cl2O3. The molecule has 0 spiro atoms. The Bertz CT molecular complexity index is 103. The Kier molecular flexibility index (Phi) is 8.39. The Morgan fingerprint density at radius 2 is 1.92 bits per heavy atom. The number of halogens is 2. The molecule has 0 aliphatic heterocycles. The summed E-state index contributed by atoms with van der Waals surface area (Å²) in [6.07, 6.45) is -0.802. The number of aliphatic hydroxyl groups excluding tert-OH is 1. The summed E-state index contributed by atoms with van der Waals surface area (Å²) >= 11 is 10.9. The maximum atomic E-state index is 9.03. The highest BCUT2D eigenvalue weighted by molar-refractivity contribution is 6.18. The summed E-state index contributed by atoms with van der Waals surface area (Å²) < 4.78 is 10.0. The van der Waals surface area contributed by atoms with E-state index in [2.05, 4.69) is 0 Å². The third-order valence-electron chi connectivity index (χ3n) is 1.23. The molecule has 0 aromatic carbocycles. The van der Waals surface area contributed by atoms with Crippen LogP contribution in [0, 0.1) is 0 Å². The zero-order chi connectivity index (χ0) is 9.40. The second-order valence-corrected chi connectivity index (χ2v) is 2.99. The van der Waals surface area contributed by atoms with E-state index < -0.39 is 6.10 Å². The van der Waals surface area contributed by atoms with Gasteiger partial charge in [-0.3, -0.25) is 0 Å². The molecule has 0 heterocycles. The fraction of sp³-hybridized carbons (Fsp3) is 1.00. The van der Waals surface area contributed by atoms with Gasteiger partial charge >= 0.3 is 0 Å². The van der Waals surface area contributed by atoms with Gasteiger partial charge in [0.05, 0.1) is 37.2 Å². The first kappa shape index (κ1) is 12.5. The number of aliphatic hydroxyl groups is 1. The van der Waals surface area contributed by atoms with Gasteiger partial charge in [0.2, 0.25) is 0 Å². The van der Waals surface area contributed by atoms with Crippen molar-refractivity contribution in [1.82, 2.24) is 0 Å². The molecule has 0 aromatic rings. The molecule has 1 N–H and O–H groups in total. The first-order valence-corrected chi connectivity index (χ1v) is 4.72. The summed E-state index contributed by atoms with van der Waals surface area (Å²) in [6, 6.07) is 0. The number of hydrogen-bond donors (Lipinski definition) is 1.